The third-order valence-corrected chi connectivity index (χ3v) is 5.41. The summed E-state index contributed by atoms with van der Waals surface area (Å²) in [5, 5.41) is 2.50. The van der Waals surface area contributed by atoms with Crippen LogP contribution in [-0.4, -0.2) is 24.2 Å². The van der Waals surface area contributed by atoms with Crippen LogP contribution < -0.4 is 10.8 Å². The van der Waals surface area contributed by atoms with E-state index in [0.29, 0.717) is 0 Å². The lowest BCUT2D eigenvalue weighted by atomic mass is 9.78. The molecule has 1 saturated heterocycles. The van der Waals surface area contributed by atoms with E-state index in [1.165, 1.54) is 24.3 Å². The van der Waals surface area contributed by atoms with Crippen LogP contribution in [0.3, 0.4) is 0 Å². The van der Waals surface area contributed by atoms with Gasteiger partial charge in [0, 0.05) is 11.2 Å². The van der Waals surface area contributed by atoms with Gasteiger partial charge in [-0.15, -0.1) is 0 Å². The Morgan fingerprint density at radius 1 is 1.03 bits per heavy atom. The van der Waals surface area contributed by atoms with E-state index >= 15 is 0 Å². The second-order valence-corrected chi connectivity index (χ2v) is 8.25. The van der Waals surface area contributed by atoms with Crippen LogP contribution in [0.2, 0.25) is 0 Å². The lowest BCUT2D eigenvalue weighted by Crippen LogP contribution is -2.41. The highest BCUT2D eigenvalue weighted by Gasteiger charge is 2.52. The van der Waals surface area contributed by atoms with Gasteiger partial charge in [-0.2, -0.15) is 13.2 Å². The van der Waals surface area contributed by atoms with Crippen LogP contribution in [0.4, 0.5) is 23.2 Å². The van der Waals surface area contributed by atoms with Gasteiger partial charge in [-0.1, -0.05) is 24.3 Å². The van der Waals surface area contributed by atoms with E-state index in [4.69, 9.17) is 9.31 Å². The summed E-state index contributed by atoms with van der Waals surface area (Å²) in [6.07, 6.45) is -4.76. The quantitative estimate of drug-likeness (QED) is 0.589. The fraction of sp³-hybridized carbons (Fsp3) is 0.381. The Hall–Kier alpha value is -2.39. The Morgan fingerprint density at radius 3 is 2.23 bits per heavy atom. The maximum absolute atomic E-state index is 14.6. The average molecular weight is 423 g/mol. The standard InChI is InChI=1S/C21H22BF4NO3/c1-19(2)20(3,4)30-22(29-19)16-9-8-15(12-17(16)23)27-18(28)11-13-6-5-7-14(10-13)21(24,25)26/h5-10,12H,11H2,1-4H3,(H,27,28). The summed E-state index contributed by atoms with van der Waals surface area (Å²) >= 11 is 0. The van der Waals surface area contributed by atoms with E-state index in [2.05, 4.69) is 5.32 Å². The van der Waals surface area contributed by atoms with Crippen molar-refractivity contribution in [1.29, 1.82) is 0 Å². The van der Waals surface area contributed by atoms with Crippen molar-refractivity contribution >= 4 is 24.2 Å². The molecule has 0 spiro atoms. The zero-order valence-corrected chi connectivity index (χ0v) is 17.1. The summed E-state index contributed by atoms with van der Waals surface area (Å²) < 4.78 is 64.7. The minimum absolute atomic E-state index is 0.185. The molecule has 9 heteroatoms. The molecule has 1 aliphatic heterocycles. The van der Waals surface area contributed by atoms with E-state index in [0.717, 1.165) is 18.2 Å². The minimum Gasteiger partial charge on any atom is -0.399 e. The molecule has 2 aromatic carbocycles. The molecule has 1 heterocycles. The van der Waals surface area contributed by atoms with E-state index in [1.807, 2.05) is 27.7 Å². The van der Waals surface area contributed by atoms with Gasteiger partial charge in [0.25, 0.3) is 0 Å². The number of carbonyl (C=O) groups excluding carboxylic acids is 1. The van der Waals surface area contributed by atoms with Gasteiger partial charge in [-0.25, -0.2) is 4.39 Å². The molecule has 3 rings (SSSR count). The van der Waals surface area contributed by atoms with Crippen LogP contribution >= 0.6 is 0 Å². The maximum atomic E-state index is 14.6. The van der Waals surface area contributed by atoms with Crippen molar-refractivity contribution < 1.29 is 31.7 Å². The van der Waals surface area contributed by atoms with Gasteiger partial charge in [0.05, 0.1) is 23.2 Å². The molecule has 0 unspecified atom stereocenters. The van der Waals surface area contributed by atoms with Gasteiger partial charge in [0.15, 0.2) is 0 Å². The predicted octanol–water partition coefficient (Wildman–Crippen LogP) is 4.32. The number of anilines is 1. The highest BCUT2D eigenvalue weighted by atomic mass is 19.4. The van der Waals surface area contributed by atoms with Crippen LogP contribution in [0.1, 0.15) is 38.8 Å². The smallest absolute Gasteiger partial charge is 0.399 e. The summed E-state index contributed by atoms with van der Waals surface area (Å²) in [5.41, 5.74) is -1.49. The number of alkyl halides is 3. The highest BCUT2D eigenvalue weighted by molar-refractivity contribution is 6.62. The molecule has 0 saturated carbocycles. The molecule has 2 aromatic rings. The Bertz CT molecular complexity index is 944. The third kappa shape index (κ3) is 4.68. The van der Waals surface area contributed by atoms with Crippen molar-refractivity contribution in [3.63, 3.8) is 0 Å². The number of nitrogens with one attached hydrogen (secondary N) is 1. The Kier molecular flexibility index (Phi) is 5.73. The van der Waals surface area contributed by atoms with Crippen LogP contribution in [0.25, 0.3) is 0 Å². The van der Waals surface area contributed by atoms with Crippen molar-refractivity contribution in [2.24, 2.45) is 0 Å². The lowest BCUT2D eigenvalue weighted by molar-refractivity contribution is -0.137. The van der Waals surface area contributed by atoms with Crippen LogP contribution in [-0.2, 0) is 26.7 Å². The largest absolute Gasteiger partial charge is 0.497 e. The second-order valence-electron chi connectivity index (χ2n) is 8.25. The topological polar surface area (TPSA) is 47.6 Å². The number of hydrogen-bond donors (Lipinski definition) is 1. The Morgan fingerprint density at radius 2 is 1.67 bits per heavy atom. The molecular formula is C21H22BF4NO3. The molecule has 0 atom stereocenters. The van der Waals surface area contributed by atoms with Gasteiger partial charge in [0.1, 0.15) is 5.82 Å². The number of amides is 1. The fourth-order valence-corrected chi connectivity index (χ4v) is 3.01. The molecule has 1 amide bonds. The van der Waals surface area contributed by atoms with Gasteiger partial charge in [0.2, 0.25) is 5.91 Å². The number of halogens is 4. The zero-order valence-electron chi connectivity index (χ0n) is 17.1. The molecule has 0 aliphatic carbocycles. The summed E-state index contributed by atoms with van der Waals surface area (Å²) in [4.78, 5) is 12.2. The third-order valence-electron chi connectivity index (χ3n) is 5.41. The van der Waals surface area contributed by atoms with Crippen LogP contribution in [0.15, 0.2) is 42.5 Å². The van der Waals surface area contributed by atoms with E-state index in [9.17, 15) is 22.4 Å². The minimum atomic E-state index is -4.49. The molecule has 160 valence electrons. The molecule has 4 nitrogen and oxygen atoms in total. The monoisotopic (exact) mass is 423 g/mol. The maximum Gasteiger partial charge on any atom is 0.497 e. The number of rotatable bonds is 4. The number of benzene rings is 2. The summed E-state index contributed by atoms with van der Waals surface area (Å²) in [6.45, 7) is 7.42. The second kappa shape index (κ2) is 7.70. The van der Waals surface area contributed by atoms with Crippen molar-refractivity contribution in [1.82, 2.24) is 0 Å². The first-order chi connectivity index (χ1) is 13.8. The molecule has 0 bridgehead atoms. The first-order valence-corrected chi connectivity index (χ1v) is 9.39. The lowest BCUT2D eigenvalue weighted by Gasteiger charge is -2.32. The molecular weight excluding hydrogens is 401 g/mol. The molecule has 0 radical (unpaired) electrons. The molecule has 30 heavy (non-hydrogen) atoms. The number of carbonyl (C=O) groups is 1. The van der Waals surface area contributed by atoms with Gasteiger partial charge in [-0.3, -0.25) is 4.79 Å². The van der Waals surface area contributed by atoms with Gasteiger partial charge in [-0.05, 0) is 51.5 Å². The normalized spacial score (nSPS) is 17.8. The van der Waals surface area contributed by atoms with Crippen molar-refractivity contribution in [3.8, 4) is 0 Å². The molecule has 0 aromatic heterocycles. The zero-order chi connectivity index (χ0) is 22.3. The highest BCUT2D eigenvalue weighted by Crippen LogP contribution is 2.36. The predicted molar refractivity (Wildman–Crippen MR) is 106 cm³/mol. The first kappa shape index (κ1) is 22.3. The number of hydrogen-bond acceptors (Lipinski definition) is 3. The van der Waals surface area contributed by atoms with E-state index < -0.39 is 41.8 Å². The van der Waals surface area contributed by atoms with Crippen molar-refractivity contribution in [2.45, 2.75) is 51.5 Å². The van der Waals surface area contributed by atoms with E-state index in [1.54, 1.807) is 0 Å². The molecule has 1 N–H and O–H groups in total. The summed E-state index contributed by atoms with van der Waals surface area (Å²) in [5.74, 6) is -1.18. The molecule has 1 aliphatic rings. The van der Waals surface area contributed by atoms with Crippen molar-refractivity contribution in [3.05, 3.63) is 59.4 Å². The van der Waals surface area contributed by atoms with E-state index in [-0.39, 0.29) is 23.1 Å². The van der Waals surface area contributed by atoms with Gasteiger partial charge >= 0.3 is 13.3 Å². The van der Waals surface area contributed by atoms with Gasteiger partial charge < -0.3 is 14.6 Å². The van der Waals surface area contributed by atoms with Crippen LogP contribution in [0, 0.1) is 5.82 Å². The Balaban J connectivity index is 1.69. The van der Waals surface area contributed by atoms with Crippen LogP contribution in [0.5, 0.6) is 0 Å². The SMILES string of the molecule is CC1(C)OB(c2ccc(NC(=O)Cc3cccc(C(F)(F)F)c3)cc2F)OC1(C)C. The average Bonchev–Trinajstić information content (AvgIpc) is 2.81. The first-order valence-electron chi connectivity index (χ1n) is 9.39. The summed E-state index contributed by atoms with van der Waals surface area (Å²) in [6, 6.07) is 8.60. The fourth-order valence-electron chi connectivity index (χ4n) is 3.01. The summed E-state index contributed by atoms with van der Waals surface area (Å²) in [7, 11) is -0.884. The Labute approximate surface area is 172 Å². The molecule has 1 fully saturated rings. The van der Waals surface area contributed by atoms with Crippen molar-refractivity contribution in [2.75, 3.05) is 5.32 Å².